The van der Waals surface area contributed by atoms with Crippen LogP contribution in [0.1, 0.15) is 48.2 Å². The van der Waals surface area contributed by atoms with Gasteiger partial charge in [0.05, 0.1) is 34.2 Å². The van der Waals surface area contributed by atoms with E-state index in [1.165, 1.54) is 15.3 Å². The molecule has 1 spiro atoms. The number of aromatic nitrogens is 6. The Morgan fingerprint density at radius 1 is 1.05 bits per heavy atom. The van der Waals surface area contributed by atoms with Crippen molar-refractivity contribution >= 4 is 10.9 Å². The summed E-state index contributed by atoms with van der Waals surface area (Å²) in [4.78, 5) is 14.1. The molecule has 2 aliphatic rings. The molecule has 212 valence electrons. The first-order valence-electron chi connectivity index (χ1n) is 13.8. The molecule has 7 rings (SSSR count). The Bertz CT molecular complexity index is 1870. The molecule has 0 saturated carbocycles. The highest BCUT2D eigenvalue weighted by molar-refractivity contribution is 5.81. The Labute approximate surface area is 235 Å². The van der Waals surface area contributed by atoms with Crippen LogP contribution in [0.4, 0.5) is 8.78 Å². The molecule has 2 aliphatic heterocycles. The lowest BCUT2D eigenvalue weighted by atomic mass is 9.72. The zero-order chi connectivity index (χ0) is 28.6. The Kier molecular flexibility index (Phi) is 5.81. The molecule has 0 radical (unpaired) electrons. The van der Waals surface area contributed by atoms with Gasteiger partial charge >= 0.3 is 5.69 Å². The molecule has 9 nitrogen and oxygen atoms in total. The quantitative estimate of drug-likeness (QED) is 0.356. The number of nitrogens with one attached hydrogen (secondary N) is 1. The third-order valence-corrected chi connectivity index (χ3v) is 8.80. The standard InChI is InChI=1S/C30H31F2N7O2/c1-17-13-20(14-18(2)25(17)31)39-28(24-19(3)33-16-30(27(24)35-39)7-11-41-12-8-30)38-10-9-37(29(38)40)23-6-5-22-21(26(23)32)15-34-36(22)4/h5-6,9-10,13-15,19,33H,7-8,11-12,16H2,1-4H3/t19-/m0/s1. The van der Waals surface area contributed by atoms with E-state index in [0.29, 0.717) is 46.7 Å². The minimum Gasteiger partial charge on any atom is -0.381 e. The number of benzene rings is 2. The lowest BCUT2D eigenvalue weighted by Gasteiger charge is -2.41. The van der Waals surface area contributed by atoms with E-state index < -0.39 is 11.5 Å². The fourth-order valence-electron chi connectivity index (χ4n) is 6.47. The Hall–Kier alpha value is -4.09. The average Bonchev–Trinajstić information content (AvgIpc) is 3.66. The minimum atomic E-state index is -0.521. The summed E-state index contributed by atoms with van der Waals surface area (Å²) in [5, 5.41) is 13.3. The van der Waals surface area contributed by atoms with Gasteiger partial charge in [0.15, 0.2) is 5.82 Å². The van der Waals surface area contributed by atoms with Crippen molar-refractivity contribution in [3.05, 3.63) is 87.4 Å². The van der Waals surface area contributed by atoms with E-state index in [2.05, 4.69) is 17.3 Å². The summed E-state index contributed by atoms with van der Waals surface area (Å²) in [5.74, 6) is -0.234. The largest absolute Gasteiger partial charge is 0.381 e. The molecule has 5 aromatic rings. The highest BCUT2D eigenvalue weighted by atomic mass is 19.1. The summed E-state index contributed by atoms with van der Waals surface area (Å²) in [6.07, 6.45) is 6.26. The van der Waals surface area contributed by atoms with Crippen LogP contribution in [0.15, 0.2) is 47.7 Å². The number of halogens is 2. The van der Waals surface area contributed by atoms with Crippen molar-refractivity contribution in [2.75, 3.05) is 19.8 Å². The topological polar surface area (TPSA) is 83.8 Å². The fraction of sp³-hybridized carbons (Fsp3) is 0.367. The molecular weight excluding hydrogens is 528 g/mol. The average molecular weight is 560 g/mol. The molecule has 0 amide bonds. The molecule has 1 saturated heterocycles. The SMILES string of the molecule is Cc1cc(-n2nc3c(c2-n2ccn(-c4ccc5c(cnn5C)c4F)c2=O)[C@H](C)NCC32CCOCC2)cc(C)c1F. The Morgan fingerprint density at radius 2 is 1.76 bits per heavy atom. The van der Waals surface area contributed by atoms with Crippen LogP contribution in [-0.4, -0.2) is 48.5 Å². The number of nitrogens with zero attached hydrogens (tertiary/aromatic N) is 6. The smallest absolute Gasteiger partial charge is 0.338 e. The van der Waals surface area contributed by atoms with Crippen LogP contribution < -0.4 is 11.0 Å². The van der Waals surface area contributed by atoms with Crippen molar-refractivity contribution in [3.8, 4) is 17.2 Å². The summed E-state index contributed by atoms with van der Waals surface area (Å²) in [6, 6.07) is 6.73. The lowest BCUT2D eigenvalue weighted by Crippen LogP contribution is -2.48. The van der Waals surface area contributed by atoms with Gasteiger partial charge in [-0.2, -0.15) is 10.2 Å². The second-order valence-corrected chi connectivity index (χ2v) is 11.3. The third-order valence-electron chi connectivity index (χ3n) is 8.80. The molecule has 1 N–H and O–H groups in total. The van der Waals surface area contributed by atoms with E-state index >= 15 is 4.39 Å². The van der Waals surface area contributed by atoms with Gasteiger partial charge < -0.3 is 10.1 Å². The van der Waals surface area contributed by atoms with Crippen LogP contribution in [0.2, 0.25) is 0 Å². The number of fused-ring (bicyclic) bond motifs is 3. The molecule has 3 aromatic heterocycles. The predicted molar refractivity (Wildman–Crippen MR) is 150 cm³/mol. The van der Waals surface area contributed by atoms with Crippen LogP contribution in [0.5, 0.6) is 0 Å². The van der Waals surface area contributed by atoms with Gasteiger partial charge in [0.1, 0.15) is 11.6 Å². The zero-order valence-corrected chi connectivity index (χ0v) is 23.4. The molecule has 1 atom stereocenters. The van der Waals surface area contributed by atoms with Gasteiger partial charge in [-0.05, 0) is 69.0 Å². The van der Waals surface area contributed by atoms with Crippen molar-refractivity contribution in [2.24, 2.45) is 7.05 Å². The van der Waals surface area contributed by atoms with Crippen LogP contribution in [0.25, 0.3) is 28.1 Å². The second-order valence-electron chi connectivity index (χ2n) is 11.3. The van der Waals surface area contributed by atoms with Gasteiger partial charge in [-0.15, -0.1) is 0 Å². The summed E-state index contributed by atoms with van der Waals surface area (Å²) in [6.45, 7) is 7.49. The van der Waals surface area contributed by atoms with Crippen molar-refractivity contribution < 1.29 is 13.5 Å². The van der Waals surface area contributed by atoms with Crippen LogP contribution in [0, 0.1) is 25.5 Å². The molecule has 41 heavy (non-hydrogen) atoms. The highest BCUT2D eigenvalue weighted by Crippen LogP contribution is 2.44. The number of ether oxygens (including phenoxy) is 1. The fourth-order valence-corrected chi connectivity index (χ4v) is 6.47. The monoisotopic (exact) mass is 559 g/mol. The van der Waals surface area contributed by atoms with E-state index in [-0.39, 0.29) is 23.0 Å². The summed E-state index contributed by atoms with van der Waals surface area (Å²) in [7, 11) is 1.74. The maximum atomic E-state index is 15.6. The molecule has 1 fully saturated rings. The van der Waals surface area contributed by atoms with E-state index in [9.17, 15) is 9.18 Å². The first-order valence-corrected chi connectivity index (χ1v) is 13.8. The van der Waals surface area contributed by atoms with E-state index in [1.54, 1.807) is 66.9 Å². The molecule has 0 unspecified atom stereocenters. The van der Waals surface area contributed by atoms with Crippen molar-refractivity contribution in [1.82, 2.24) is 34.0 Å². The maximum absolute atomic E-state index is 15.6. The molecular formula is C30H31F2N7O2. The number of hydrogen-bond acceptors (Lipinski definition) is 5. The van der Waals surface area contributed by atoms with Crippen molar-refractivity contribution in [1.29, 1.82) is 0 Å². The second kappa shape index (κ2) is 9.22. The summed E-state index contributed by atoms with van der Waals surface area (Å²) in [5.41, 5.74) is 3.53. The predicted octanol–water partition coefficient (Wildman–Crippen LogP) is 4.31. The van der Waals surface area contributed by atoms with Crippen molar-refractivity contribution in [2.45, 2.75) is 45.1 Å². The van der Waals surface area contributed by atoms with E-state index in [0.717, 1.165) is 30.6 Å². The normalized spacial score (nSPS) is 18.3. The van der Waals surface area contributed by atoms with Gasteiger partial charge in [-0.1, -0.05) is 0 Å². The minimum absolute atomic E-state index is 0.108. The number of hydrogen-bond donors (Lipinski definition) is 1. The number of rotatable bonds is 3. The van der Waals surface area contributed by atoms with Crippen LogP contribution in [-0.2, 0) is 17.2 Å². The lowest BCUT2D eigenvalue weighted by molar-refractivity contribution is 0.0440. The Morgan fingerprint density at radius 3 is 2.49 bits per heavy atom. The van der Waals surface area contributed by atoms with Gasteiger partial charge in [-0.25, -0.2) is 18.3 Å². The summed E-state index contributed by atoms with van der Waals surface area (Å²) < 4.78 is 42.2. The third kappa shape index (κ3) is 3.75. The Balaban J connectivity index is 1.48. The highest BCUT2D eigenvalue weighted by Gasteiger charge is 2.45. The van der Waals surface area contributed by atoms with Crippen molar-refractivity contribution in [3.63, 3.8) is 0 Å². The summed E-state index contributed by atoms with van der Waals surface area (Å²) >= 11 is 0. The van der Waals surface area contributed by atoms with Crippen LogP contribution in [0.3, 0.4) is 0 Å². The van der Waals surface area contributed by atoms with E-state index in [1.807, 2.05) is 0 Å². The molecule has 11 heteroatoms. The zero-order valence-electron chi connectivity index (χ0n) is 23.4. The van der Waals surface area contributed by atoms with Crippen LogP contribution >= 0.6 is 0 Å². The molecule has 5 heterocycles. The molecule has 0 bridgehead atoms. The van der Waals surface area contributed by atoms with Gasteiger partial charge in [0.2, 0.25) is 0 Å². The number of imidazole rings is 1. The maximum Gasteiger partial charge on any atom is 0.338 e. The van der Waals surface area contributed by atoms with E-state index in [4.69, 9.17) is 9.84 Å². The van der Waals surface area contributed by atoms with Gasteiger partial charge in [-0.3, -0.25) is 13.8 Å². The van der Waals surface area contributed by atoms with Gasteiger partial charge in [0.25, 0.3) is 0 Å². The molecule has 0 aliphatic carbocycles. The number of aryl methyl sites for hydroxylation is 3. The van der Waals surface area contributed by atoms with Gasteiger partial charge in [0, 0.05) is 56.2 Å². The first kappa shape index (κ1) is 25.8. The first-order chi connectivity index (χ1) is 19.7. The molecule has 2 aromatic carbocycles.